The third-order valence-electron chi connectivity index (χ3n) is 2.46. The summed E-state index contributed by atoms with van der Waals surface area (Å²) in [6.45, 7) is 1.51. The molecule has 0 amide bonds. The highest BCUT2D eigenvalue weighted by atomic mass is 35.5. The summed E-state index contributed by atoms with van der Waals surface area (Å²) in [6.07, 6.45) is 4.47. The van der Waals surface area contributed by atoms with Crippen LogP contribution < -0.4 is 11.1 Å². The monoisotopic (exact) mass is 262 g/mol. The van der Waals surface area contributed by atoms with Crippen LogP contribution in [-0.4, -0.2) is 23.1 Å². The van der Waals surface area contributed by atoms with Gasteiger partial charge in [0.05, 0.1) is 18.1 Å². The Bertz CT molecular complexity index is 481. The van der Waals surface area contributed by atoms with Crippen LogP contribution in [0.2, 0.25) is 5.02 Å². The van der Waals surface area contributed by atoms with Crippen LogP contribution in [-0.2, 0) is 0 Å². The van der Waals surface area contributed by atoms with E-state index in [0.717, 1.165) is 24.2 Å². The van der Waals surface area contributed by atoms with Gasteiger partial charge in [-0.3, -0.25) is 0 Å². The Morgan fingerprint density at radius 2 is 1.78 bits per heavy atom. The summed E-state index contributed by atoms with van der Waals surface area (Å²) in [5.41, 5.74) is 7.28. The highest BCUT2D eigenvalue weighted by molar-refractivity contribution is 6.30. The number of hydrogen-bond donors (Lipinski definition) is 2. The molecule has 0 saturated heterocycles. The number of halogens is 1. The quantitative estimate of drug-likeness (QED) is 0.813. The molecule has 0 atom stereocenters. The standard InChI is InChI=1S/C13H15ClN4/c14-11-4-2-10(3-5-11)13-17-8-12(9-18-13)16-7-1-6-15/h2-5,8-9,16H,1,6-7,15H2. The first kappa shape index (κ1) is 12.8. The van der Waals surface area contributed by atoms with E-state index >= 15 is 0 Å². The molecule has 3 N–H and O–H groups in total. The van der Waals surface area contributed by atoms with E-state index in [1.165, 1.54) is 0 Å². The summed E-state index contributed by atoms with van der Waals surface area (Å²) in [7, 11) is 0. The van der Waals surface area contributed by atoms with Crippen molar-refractivity contribution in [2.45, 2.75) is 6.42 Å². The molecule has 0 spiro atoms. The molecule has 5 heteroatoms. The molecule has 0 unspecified atom stereocenters. The van der Waals surface area contributed by atoms with Crippen LogP contribution >= 0.6 is 11.6 Å². The number of benzene rings is 1. The average Bonchev–Trinajstić information content (AvgIpc) is 2.41. The molecule has 1 heterocycles. The number of nitrogens with one attached hydrogen (secondary N) is 1. The molecular formula is C13H15ClN4. The lowest BCUT2D eigenvalue weighted by molar-refractivity contribution is 0.872. The van der Waals surface area contributed by atoms with E-state index in [9.17, 15) is 0 Å². The molecule has 0 saturated carbocycles. The van der Waals surface area contributed by atoms with Gasteiger partial charge in [-0.05, 0) is 37.2 Å². The second-order valence-corrected chi connectivity index (χ2v) is 4.31. The highest BCUT2D eigenvalue weighted by Gasteiger charge is 2.01. The SMILES string of the molecule is NCCCNc1cnc(-c2ccc(Cl)cc2)nc1. The minimum absolute atomic E-state index is 0.677. The molecule has 0 aliphatic heterocycles. The van der Waals surface area contributed by atoms with Crippen LogP contribution in [0.15, 0.2) is 36.7 Å². The summed E-state index contributed by atoms with van der Waals surface area (Å²) in [4.78, 5) is 8.62. The molecule has 0 fully saturated rings. The van der Waals surface area contributed by atoms with Gasteiger partial charge >= 0.3 is 0 Å². The van der Waals surface area contributed by atoms with Crippen molar-refractivity contribution in [1.82, 2.24) is 9.97 Å². The first-order valence-corrected chi connectivity index (χ1v) is 6.19. The molecule has 0 aliphatic carbocycles. The van der Waals surface area contributed by atoms with Gasteiger partial charge in [0, 0.05) is 17.1 Å². The lowest BCUT2D eigenvalue weighted by Gasteiger charge is -2.05. The molecule has 2 rings (SSSR count). The third kappa shape index (κ3) is 3.42. The zero-order valence-electron chi connectivity index (χ0n) is 9.94. The van der Waals surface area contributed by atoms with Crippen molar-refractivity contribution < 1.29 is 0 Å². The fraction of sp³-hybridized carbons (Fsp3) is 0.231. The van der Waals surface area contributed by atoms with Gasteiger partial charge in [-0.2, -0.15) is 0 Å². The maximum Gasteiger partial charge on any atom is 0.159 e. The van der Waals surface area contributed by atoms with Crippen LogP contribution in [0.1, 0.15) is 6.42 Å². The molecule has 18 heavy (non-hydrogen) atoms. The van der Waals surface area contributed by atoms with E-state index in [4.69, 9.17) is 17.3 Å². The largest absolute Gasteiger partial charge is 0.383 e. The Labute approximate surface area is 111 Å². The Hall–Kier alpha value is -1.65. The number of nitrogens with two attached hydrogens (primary N) is 1. The average molecular weight is 263 g/mol. The maximum absolute atomic E-state index is 5.83. The number of anilines is 1. The fourth-order valence-corrected chi connectivity index (χ4v) is 1.63. The van der Waals surface area contributed by atoms with Crippen molar-refractivity contribution in [1.29, 1.82) is 0 Å². The highest BCUT2D eigenvalue weighted by Crippen LogP contribution is 2.18. The van der Waals surface area contributed by atoms with Gasteiger partial charge in [-0.25, -0.2) is 9.97 Å². The molecule has 94 valence electrons. The molecule has 0 bridgehead atoms. The van der Waals surface area contributed by atoms with Gasteiger partial charge < -0.3 is 11.1 Å². The second kappa shape index (κ2) is 6.33. The summed E-state index contributed by atoms with van der Waals surface area (Å²) in [5, 5.41) is 3.91. The number of nitrogens with zero attached hydrogens (tertiary/aromatic N) is 2. The van der Waals surface area contributed by atoms with E-state index in [1.54, 1.807) is 12.4 Å². The fourth-order valence-electron chi connectivity index (χ4n) is 1.50. The Morgan fingerprint density at radius 3 is 2.39 bits per heavy atom. The minimum atomic E-state index is 0.677. The molecular weight excluding hydrogens is 248 g/mol. The zero-order valence-corrected chi connectivity index (χ0v) is 10.7. The summed E-state index contributed by atoms with van der Waals surface area (Å²) in [6, 6.07) is 7.46. The summed E-state index contributed by atoms with van der Waals surface area (Å²) in [5.74, 6) is 0.691. The van der Waals surface area contributed by atoms with Crippen LogP contribution in [0.3, 0.4) is 0 Å². The number of rotatable bonds is 5. The van der Waals surface area contributed by atoms with E-state index in [2.05, 4.69) is 15.3 Å². The maximum atomic E-state index is 5.83. The Balaban J connectivity index is 2.05. The van der Waals surface area contributed by atoms with Gasteiger partial charge in [0.1, 0.15) is 0 Å². The first-order valence-electron chi connectivity index (χ1n) is 5.81. The number of aromatic nitrogens is 2. The van der Waals surface area contributed by atoms with Crippen molar-refractivity contribution in [2.24, 2.45) is 5.73 Å². The molecule has 1 aromatic carbocycles. The molecule has 0 aliphatic rings. The van der Waals surface area contributed by atoms with Crippen LogP contribution in [0, 0.1) is 0 Å². The smallest absolute Gasteiger partial charge is 0.159 e. The zero-order chi connectivity index (χ0) is 12.8. The van der Waals surface area contributed by atoms with Crippen molar-refractivity contribution in [3.8, 4) is 11.4 Å². The lowest BCUT2D eigenvalue weighted by Crippen LogP contribution is -2.08. The van der Waals surface area contributed by atoms with E-state index in [1.807, 2.05) is 24.3 Å². The van der Waals surface area contributed by atoms with E-state index in [0.29, 0.717) is 17.4 Å². The lowest BCUT2D eigenvalue weighted by atomic mass is 10.2. The predicted molar refractivity (Wildman–Crippen MR) is 74.6 cm³/mol. The number of hydrogen-bond acceptors (Lipinski definition) is 4. The molecule has 1 aromatic heterocycles. The van der Waals surface area contributed by atoms with Crippen molar-refractivity contribution >= 4 is 17.3 Å². The molecule has 2 aromatic rings. The predicted octanol–water partition coefficient (Wildman–Crippen LogP) is 2.56. The van der Waals surface area contributed by atoms with Crippen molar-refractivity contribution in [3.05, 3.63) is 41.7 Å². The van der Waals surface area contributed by atoms with Gasteiger partial charge in [-0.1, -0.05) is 11.6 Å². The third-order valence-corrected chi connectivity index (χ3v) is 2.72. The van der Waals surface area contributed by atoms with Crippen molar-refractivity contribution in [2.75, 3.05) is 18.4 Å². The molecule has 0 radical (unpaired) electrons. The van der Waals surface area contributed by atoms with Crippen LogP contribution in [0.5, 0.6) is 0 Å². The normalized spacial score (nSPS) is 10.3. The van der Waals surface area contributed by atoms with Crippen molar-refractivity contribution in [3.63, 3.8) is 0 Å². The van der Waals surface area contributed by atoms with Crippen LogP contribution in [0.25, 0.3) is 11.4 Å². The Kier molecular flexibility index (Phi) is 4.50. The van der Waals surface area contributed by atoms with Gasteiger partial charge in [-0.15, -0.1) is 0 Å². The Morgan fingerprint density at radius 1 is 1.11 bits per heavy atom. The second-order valence-electron chi connectivity index (χ2n) is 3.87. The molecule has 4 nitrogen and oxygen atoms in total. The van der Waals surface area contributed by atoms with E-state index < -0.39 is 0 Å². The summed E-state index contributed by atoms with van der Waals surface area (Å²) >= 11 is 5.83. The van der Waals surface area contributed by atoms with Crippen LogP contribution in [0.4, 0.5) is 5.69 Å². The van der Waals surface area contributed by atoms with Gasteiger partial charge in [0.25, 0.3) is 0 Å². The van der Waals surface area contributed by atoms with Gasteiger partial charge in [0.2, 0.25) is 0 Å². The summed E-state index contributed by atoms with van der Waals surface area (Å²) < 4.78 is 0. The first-order chi connectivity index (χ1) is 8.79. The van der Waals surface area contributed by atoms with E-state index in [-0.39, 0.29) is 0 Å². The minimum Gasteiger partial charge on any atom is -0.383 e. The van der Waals surface area contributed by atoms with Gasteiger partial charge in [0.15, 0.2) is 5.82 Å². The topological polar surface area (TPSA) is 63.8 Å².